The van der Waals surface area contributed by atoms with Crippen molar-refractivity contribution in [2.75, 3.05) is 54.4 Å². The fourth-order valence-electron chi connectivity index (χ4n) is 10.7. The van der Waals surface area contributed by atoms with Crippen molar-refractivity contribution >= 4 is 64.1 Å². The van der Waals surface area contributed by atoms with Crippen molar-refractivity contribution in [3.8, 4) is 0 Å². The van der Waals surface area contributed by atoms with Gasteiger partial charge in [0.2, 0.25) is 11.8 Å². The number of pyridine rings is 1. The lowest BCUT2D eigenvalue weighted by atomic mass is 9.77. The van der Waals surface area contributed by atoms with E-state index in [0.717, 1.165) is 103 Å². The van der Waals surface area contributed by atoms with Crippen molar-refractivity contribution in [2.24, 2.45) is 11.1 Å². The van der Waals surface area contributed by atoms with Crippen molar-refractivity contribution in [1.82, 2.24) is 35.4 Å². The molecule has 7 heterocycles. The number of benzene rings is 3. The molecule has 372 valence electrons. The lowest BCUT2D eigenvalue weighted by Gasteiger charge is -2.45. The highest BCUT2D eigenvalue weighted by molar-refractivity contribution is 7.99. The molecule has 1 unspecified atom stereocenters. The van der Waals surface area contributed by atoms with Crippen molar-refractivity contribution in [3.05, 3.63) is 137 Å². The highest BCUT2D eigenvalue weighted by Gasteiger charge is 2.39. The third kappa shape index (κ3) is 10.8. The lowest BCUT2D eigenvalue weighted by molar-refractivity contribution is -0.136. The molecule has 5 aliphatic rings. The van der Waals surface area contributed by atoms with E-state index in [4.69, 9.17) is 5.73 Å². The summed E-state index contributed by atoms with van der Waals surface area (Å²) >= 11 is 1.51. The molecule has 0 radical (unpaired) electrons. The molecule has 2 aromatic heterocycles. The first-order chi connectivity index (χ1) is 34.6. The largest absolute Gasteiger partial charge is 0.371 e. The highest BCUT2D eigenvalue weighted by Crippen LogP contribution is 2.40. The molecule has 5 aliphatic heterocycles. The van der Waals surface area contributed by atoms with Crippen LogP contribution in [0.3, 0.4) is 0 Å². The van der Waals surface area contributed by atoms with E-state index in [1.807, 2.05) is 66.9 Å². The Balaban J connectivity index is 0.673. The molecule has 10 rings (SSSR count). The van der Waals surface area contributed by atoms with Gasteiger partial charge in [-0.15, -0.1) is 0 Å². The minimum atomic E-state index is -0.677. The van der Waals surface area contributed by atoms with Gasteiger partial charge in [-0.25, -0.2) is 9.97 Å². The zero-order valence-corrected chi connectivity index (χ0v) is 41.8. The number of carbonyl (C=O) groups is 5. The second-order valence-electron chi connectivity index (χ2n) is 20.6. The molecule has 16 nitrogen and oxygen atoms in total. The van der Waals surface area contributed by atoms with Crippen LogP contribution in [0.5, 0.6) is 0 Å². The van der Waals surface area contributed by atoms with Gasteiger partial charge in [0.1, 0.15) is 22.6 Å². The Hall–Kier alpha value is -6.95. The van der Waals surface area contributed by atoms with Crippen LogP contribution in [0.15, 0.2) is 113 Å². The fraction of sp³-hybridized carbons (Fsp3) is 0.382. The number of imide groups is 1. The van der Waals surface area contributed by atoms with Gasteiger partial charge in [-0.05, 0) is 116 Å². The van der Waals surface area contributed by atoms with Crippen LogP contribution in [-0.4, -0.2) is 111 Å². The first kappa shape index (κ1) is 48.7. The Labute approximate surface area is 424 Å². The van der Waals surface area contributed by atoms with E-state index in [1.165, 1.54) is 22.2 Å². The van der Waals surface area contributed by atoms with E-state index in [2.05, 4.69) is 72.4 Å². The van der Waals surface area contributed by atoms with Gasteiger partial charge in [0.15, 0.2) is 0 Å². The van der Waals surface area contributed by atoms with Crippen molar-refractivity contribution in [2.45, 2.75) is 99.9 Å². The monoisotopic (exact) mass is 987 g/mol. The number of hydrogen-bond acceptors (Lipinski definition) is 13. The molecule has 0 spiro atoms. The van der Waals surface area contributed by atoms with Crippen LogP contribution in [-0.2, 0) is 22.7 Å². The lowest BCUT2D eigenvalue weighted by Crippen LogP contribution is -2.52. The number of anilines is 3. The zero-order chi connectivity index (χ0) is 50.1. The quantitative estimate of drug-likeness (QED) is 0.0967. The van der Waals surface area contributed by atoms with E-state index in [9.17, 15) is 24.0 Å². The van der Waals surface area contributed by atoms with Gasteiger partial charge in [-0.2, -0.15) is 0 Å². The first-order valence-corrected chi connectivity index (χ1v) is 25.7. The molecule has 5 aromatic rings. The molecule has 3 fully saturated rings. The molecule has 5 N–H and O–H groups in total. The molecule has 0 bridgehead atoms. The summed E-state index contributed by atoms with van der Waals surface area (Å²) in [4.78, 5) is 87.4. The summed E-state index contributed by atoms with van der Waals surface area (Å²) in [6.07, 6.45) is 12.1. The minimum absolute atomic E-state index is 0.122. The van der Waals surface area contributed by atoms with Crippen molar-refractivity contribution in [3.63, 3.8) is 0 Å². The molecular weight excluding hydrogens is 927 g/mol. The van der Waals surface area contributed by atoms with Crippen LogP contribution in [0, 0.1) is 5.41 Å². The Bertz CT molecular complexity index is 2910. The van der Waals surface area contributed by atoms with Gasteiger partial charge in [0, 0.05) is 109 Å². The summed E-state index contributed by atoms with van der Waals surface area (Å²) in [5, 5.41) is 9.14. The Kier molecular flexibility index (Phi) is 13.7. The van der Waals surface area contributed by atoms with Crippen LogP contribution in [0.1, 0.15) is 107 Å². The van der Waals surface area contributed by atoms with Gasteiger partial charge in [0.05, 0.1) is 12.4 Å². The summed E-state index contributed by atoms with van der Waals surface area (Å²) in [6, 6.07) is 24.6. The number of nitrogens with two attached hydrogens (primary N) is 1. The van der Waals surface area contributed by atoms with Gasteiger partial charge in [-0.1, -0.05) is 56.0 Å². The van der Waals surface area contributed by atoms with Gasteiger partial charge >= 0.3 is 0 Å². The summed E-state index contributed by atoms with van der Waals surface area (Å²) in [5.41, 5.74) is 13.2. The number of piperidine rings is 3. The topological polar surface area (TPSA) is 199 Å². The predicted molar refractivity (Wildman–Crippen MR) is 277 cm³/mol. The molecule has 0 aliphatic carbocycles. The van der Waals surface area contributed by atoms with E-state index in [-0.39, 0.29) is 54.1 Å². The number of carbonyl (C=O) groups excluding carboxylic acids is 5. The third-order valence-corrected chi connectivity index (χ3v) is 15.7. The van der Waals surface area contributed by atoms with Crippen molar-refractivity contribution in [1.29, 1.82) is 0 Å². The molecule has 72 heavy (non-hydrogen) atoms. The van der Waals surface area contributed by atoms with Gasteiger partial charge < -0.3 is 31.1 Å². The van der Waals surface area contributed by atoms with Crippen LogP contribution in [0.4, 0.5) is 17.2 Å². The van der Waals surface area contributed by atoms with E-state index in [0.29, 0.717) is 35.0 Å². The average Bonchev–Trinajstić information content (AvgIpc) is 3.70. The normalized spacial score (nSPS) is 20.2. The zero-order valence-electron chi connectivity index (χ0n) is 41.0. The van der Waals surface area contributed by atoms with Crippen LogP contribution >= 0.6 is 11.8 Å². The van der Waals surface area contributed by atoms with Crippen LogP contribution < -0.4 is 31.5 Å². The molecular formula is C55H61N11O5S. The maximum absolute atomic E-state index is 13.4. The third-order valence-electron chi connectivity index (χ3n) is 14.8. The number of nitrogens with zero attached hydrogens (tertiary/aromatic N) is 7. The second-order valence-corrected chi connectivity index (χ2v) is 21.7. The second kappa shape index (κ2) is 20.3. The summed E-state index contributed by atoms with van der Waals surface area (Å²) in [6.45, 7) is 12.5. The van der Waals surface area contributed by atoms with Gasteiger partial charge in [0.25, 0.3) is 17.7 Å². The Morgan fingerprint density at radius 1 is 0.833 bits per heavy atom. The standard InChI is InChI=1S/C55H61N11O5S/c1-54(2)34-65(24-19-44(54)37-10-14-45(57-30-37)51(69)60-29-35-7-13-43-38(27-35)33-66(53(43)71)46-15-16-48(67)62-52(46)70)41-17-22-63(23-18-41)40-11-8-36(9-12-40)50(68)61-39-5-4-6-42(28-39)72-49-32-58-47(31-59-49)64-25-20-55(3,56)21-26-64/h4-14,19,27-28,30-32,41,46H,15-18,20-26,29,33-34,56H2,1-3H3,(H,60,69)(H,61,68)(H,62,67,70). The molecule has 1 atom stereocenters. The molecule has 3 aromatic carbocycles. The first-order valence-electron chi connectivity index (χ1n) is 24.9. The van der Waals surface area contributed by atoms with E-state index < -0.39 is 11.9 Å². The Morgan fingerprint density at radius 2 is 1.62 bits per heavy atom. The maximum atomic E-state index is 13.4. The fourth-order valence-corrected chi connectivity index (χ4v) is 11.5. The highest BCUT2D eigenvalue weighted by atomic mass is 32.2. The summed E-state index contributed by atoms with van der Waals surface area (Å²) < 4.78 is 0. The number of fused-ring (bicyclic) bond motifs is 1. The van der Waals surface area contributed by atoms with Crippen LogP contribution in [0.2, 0.25) is 0 Å². The SMILES string of the molecule is CC1(N)CCN(c2cnc(Sc3cccc(NC(=O)c4ccc(N5CCC(N6CC=C(c7ccc(C(=O)NCc8ccc9c(c8)CN(C8CCC(=O)NC8=O)C9=O)nc7)C(C)(C)C6)CC5)cc4)c3)cn2)CC1. The van der Waals surface area contributed by atoms with Crippen LogP contribution in [0.25, 0.3) is 5.57 Å². The maximum Gasteiger partial charge on any atom is 0.270 e. The number of amides is 5. The number of rotatable bonds is 12. The smallest absolute Gasteiger partial charge is 0.270 e. The van der Waals surface area contributed by atoms with E-state index in [1.54, 1.807) is 30.6 Å². The predicted octanol–water partition coefficient (Wildman–Crippen LogP) is 6.68. The summed E-state index contributed by atoms with van der Waals surface area (Å²) in [5.74, 6) is -0.587. The molecule has 5 amide bonds. The Morgan fingerprint density at radius 3 is 2.33 bits per heavy atom. The van der Waals surface area contributed by atoms with Gasteiger partial charge in [-0.3, -0.25) is 39.2 Å². The van der Waals surface area contributed by atoms with E-state index >= 15 is 0 Å². The number of aromatic nitrogens is 3. The molecule has 3 saturated heterocycles. The number of hydrogen-bond donors (Lipinski definition) is 4. The summed E-state index contributed by atoms with van der Waals surface area (Å²) in [7, 11) is 0. The number of nitrogens with one attached hydrogen (secondary N) is 3. The van der Waals surface area contributed by atoms with Crippen molar-refractivity contribution < 1.29 is 24.0 Å². The molecule has 17 heteroatoms. The molecule has 0 saturated carbocycles. The minimum Gasteiger partial charge on any atom is -0.371 e. The average molecular weight is 988 g/mol.